The minimum atomic E-state index is 0.0299. The number of nitrogens with one attached hydrogen (secondary N) is 1. The molecule has 7 nitrogen and oxygen atoms in total. The van der Waals surface area contributed by atoms with Crippen LogP contribution in [0.25, 0.3) is 22.3 Å². The first-order valence-electron chi connectivity index (χ1n) is 8.78. The lowest BCUT2D eigenvalue weighted by molar-refractivity contribution is 0.266. The molecule has 1 aromatic carbocycles. The lowest BCUT2D eigenvalue weighted by Crippen LogP contribution is -2.15. The summed E-state index contributed by atoms with van der Waals surface area (Å²) in [6, 6.07) is 8.31. The van der Waals surface area contributed by atoms with Gasteiger partial charge in [-0.05, 0) is 19.9 Å². The molecule has 134 valence electrons. The standard InChI is InChI=1S/C19H22N6O/c1-13(24-8-7-20-14(24)2)11-18-22-19(23-25(18)9-10-26)16-12-21-17-6-4-3-5-15(16)17/h3-8,12-13,21,26H,9-11H2,1-2H3. The van der Waals surface area contributed by atoms with Gasteiger partial charge in [-0.3, -0.25) is 0 Å². The summed E-state index contributed by atoms with van der Waals surface area (Å²) in [5.74, 6) is 2.52. The fourth-order valence-corrected chi connectivity index (χ4v) is 3.39. The smallest absolute Gasteiger partial charge is 0.183 e. The number of aliphatic hydroxyl groups excluding tert-OH is 1. The summed E-state index contributed by atoms with van der Waals surface area (Å²) >= 11 is 0. The third-order valence-corrected chi connectivity index (χ3v) is 4.71. The Kier molecular flexibility index (Phi) is 4.30. The molecule has 0 spiro atoms. The Hall–Kier alpha value is -2.93. The number of aliphatic hydroxyl groups is 1. The molecule has 0 fully saturated rings. The second-order valence-corrected chi connectivity index (χ2v) is 6.48. The quantitative estimate of drug-likeness (QED) is 0.560. The minimum absolute atomic E-state index is 0.0299. The number of para-hydroxylation sites is 1. The molecule has 26 heavy (non-hydrogen) atoms. The molecule has 1 atom stereocenters. The monoisotopic (exact) mass is 350 g/mol. The number of aryl methyl sites for hydroxylation is 1. The van der Waals surface area contributed by atoms with Crippen molar-refractivity contribution in [1.82, 2.24) is 29.3 Å². The average Bonchev–Trinajstić information content (AvgIpc) is 3.34. The van der Waals surface area contributed by atoms with Crippen molar-refractivity contribution >= 4 is 10.9 Å². The summed E-state index contributed by atoms with van der Waals surface area (Å²) < 4.78 is 3.93. The summed E-state index contributed by atoms with van der Waals surface area (Å²) in [5, 5.41) is 15.2. The summed E-state index contributed by atoms with van der Waals surface area (Å²) in [7, 11) is 0. The summed E-state index contributed by atoms with van der Waals surface area (Å²) in [6.45, 7) is 4.59. The number of hydrogen-bond donors (Lipinski definition) is 2. The summed E-state index contributed by atoms with van der Waals surface area (Å²) in [5.41, 5.74) is 2.04. The van der Waals surface area contributed by atoms with Crippen LogP contribution in [0.15, 0.2) is 42.9 Å². The Morgan fingerprint density at radius 2 is 2.12 bits per heavy atom. The molecule has 0 amide bonds. The van der Waals surface area contributed by atoms with Crippen LogP contribution in [0.1, 0.15) is 24.6 Å². The highest BCUT2D eigenvalue weighted by molar-refractivity contribution is 5.93. The maximum absolute atomic E-state index is 9.41. The molecule has 0 radical (unpaired) electrons. The van der Waals surface area contributed by atoms with E-state index in [1.54, 1.807) is 4.68 Å². The maximum atomic E-state index is 9.41. The Morgan fingerprint density at radius 3 is 2.88 bits per heavy atom. The van der Waals surface area contributed by atoms with Gasteiger partial charge in [0.1, 0.15) is 11.6 Å². The number of hydrogen-bond acceptors (Lipinski definition) is 4. The van der Waals surface area contributed by atoms with Crippen molar-refractivity contribution in [2.24, 2.45) is 0 Å². The van der Waals surface area contributed by atoms with Crippen LogP contribution in [0.4, 0.5) is 0 Å². The molecule has 0 aliphatic rings. The molecule has 0 aliphatic carbocycles. The molecule has 0 bridgehead atoms. The van der Waals surface area contributed by atoms with Crippen molar-refractivity contribution in [2.45, 2.75) is 32.9 Å². The predicted octanol–water partition coefficient (Wildman–Crippen LogP) is 2.73. The molecule has 0 saturated carbocycles. The molecule has 7 heteroatoms. The molecule has 0 aliphatic heterocycles. The van der Waals surface area contributed by atoms with Crippen LogP contribution in [-0.4, -0.2) is 41.0 Å². The van der Waals surface area contributed by atoms with Gasteiger partial charge in [0, 0.05) is 47.5 Å². The van der Waals surface area contributed by atoms with Gasteiger partial charge < -0.3 is 14.7 Å². The third-order valence-electron chi connectivity index (χ3n) is 4.71. The van der Waals surface area contributed by atoms with E-state index in [1.807, 2.05) is 43.7 Å². The van der Waals surface area contributed by atoms with E-state index in [-0.39, 0.29) is 12.6 Å². The lowest BCUT2D eigenvalue weighted by Gasteiger charge is -2.14. The van der Waals surface area contributed by atoms with Crippen LogP contribution in [-0.2, 0) is 13.0 Å². The fourth-order valence-electron chi connectivity index (χ4n) is 3.39. The van der Waals surface area contributed by atoms with Crippen molar-refractivity contribution in [3.8, 4) is 11.4 Å². The van der Waals surface area contributed by atoms with Gasteiger partial charge in [-0.15, -0.1) is 0 Å². The summed E-state index contributed by atoms with van der Waals surface area (Å²) in [6.07, 6.45) is 6.44. The van der Waals surface area contributed by atoms with Crippen LogP contribution in [0.5, 0.6) is 0 Å². The minimum Gasteiger partial charge on any atom is -0.394 e. The number of aromatic amines is 1. The molecular formula is C19H22N6O. The van der Waals surface area contributed by atoms with Gasteiger partial charge >= 0.3 is 0 Å². The Labute approximate surface area is 151 Å². The Balaban J connectivity index is 1.70. The van der Waals surface area contributed by atoms with Crippen molar-refractivity contribution in [3.63, 3.8) is 0 Å². The van der Waals surface area contributed by atoms with E-state index < -0.39 is 0 Å². The average molecular weight is 350 g/mol. The highest BCUT2D eigenvalue weighted by atomic mass is 16.3. The van der Waals surface area contributed by atoms with Gasteiger partial charge in [0.15, 0.2) is 5.82 Å². The van der Waals surface area contributed by atoms with Crippen molar-refractivity contribution < 1.29 is 5.11 Å². The molecule has 1 unspecified atom stereocenters. The number of imidazole rings is 1. The van der Waals surface area contributed by atoms with E-state index >= 15 is 0 Å². The van der Waals surface area contributed by atoms with Crippen molar-refractivity contribution in [1.29, 1.82) is 0 Å². The first-order valence-corrected chi connectivity index (χ1v) is 8.78. The highest BCUT2D eigenvalue weighted by Gasteiger charge is 2.18. The fraction of sp³-hybridized carbons (Fsp3) is 0.316. The van der Waals surface area contributed by atoms with E-state index in [2.05, 4.69) is 32.6 Å². The number of H-pyrrole nitrogens is 1. The molecule has 4 aromatic rings. The SMILES string of the molecule is Cc1nccn1C(C)Cc1nc(-c2c[nH]c3ccccc23)nn1CCO. The van der Waals surface area contributed by atoms with E-state index in [4.69, 9.17) is 4.98 Å². The molecule has 2 N–H and O–H groups in total. The topological polar surface area (TPSA) is 84.5 Å². The van der Waals surface area contributed by atoms with Crippen LogP contribution in [0, 0.1) is 6.92 Å². The van der Waals surface area contributed by atoms with Gasteiger partial charge in [-0.1, -0.05) is 18.2 Å². The van der Waals surface area contributed by atoms with E-state index in [0.29, 0.717) is 18.8 Å². The third kappa shape index (κ3) is 2.90. The van der Waals surface area contributed by atoms with Crippen LogP contribution in [0.2, 0.25) is 0 Å². The normalized spacial score (nSPS) is 12.7. The number of fused-ring (bicyclic) bond motifs is 1. The summed E-state index contributed by atoms with van der Waals surface area (Å²) in [4.78, 5) is 12.3. The van der Waals surface area contributed by atoms with Gasteiger partial charge in [-0.25, -0.2) is 14.6 Å². The number of benzene rings is 1. The molecule has 3 heterocycles. The molecule has 3 aromatic heterocycles. The predicted molar refractivity (Wildman–Crippen MR) is 99.8 cm³/mol. The van der Waals surface area contributed by atoms with Crippen LogP contribution in [0.3, 0.4) is 0 Å². The van der Waals surface area contributed by atoms with E-state index in [1.165, 1.54) is 0 Å². The van der Waals surface area contributed by atoms with Gasteiger partial charge in [-0.2, -0.15) is 5.10 Å². The first-order chi connectivity index (χ1) is 12.7. The van der Waals surface area contributed by atoms with Gasteiger partial charge in [0.25, 0.3) is 0 Å². The zero-order chi connectivity index (χ0) is 18.1. The first kappa shape index (κ1) is 16.5. The zero-order valence-electron chi connectivity index (χ0n) is 14.9. The van der Waals surface area contributed by atoms with E-state index in [9.17, 15) is 5.11 Å². The molecule has 4 rings (SSSR count). The Bertz CT molecular complexity index is 1030. The largest absolute Gasteiger partial charge is 0.394 e. The van der Waals surface area contributed by atoms with Gasteiger partial charge in [0.2, 0.25) is 0 Å². The lowest BCUT2D eigenvalue weighted by atomic mass is 10.1. The second kappa shape index (κ2) is 6.76. The maximum Gasteiger partial charge on any atom is 0.183 e. The number of nitrogens with zero attached hydrogens (tertiary/aromatic N) is 5. The zero-order valence-corrected chi connectivity index (χ0v) is 14.9. The van der Waals surface area contributed by atoms with E-state index in [0.717, 1.165) is 28.1 Å². The van der Waals surface area contributed by atoms with Crippen molar-refractivity contribution in [2.75, 3.05) is 6.61 Å². The molecular weight excluding hydrogens is 328 g/mol. The molecule has 0 saturated heterocycles. The highest BCUT2D eigenvalue weighted by Crippen LogP contribution is 2.27. The van der Waals surface area contributed by atoms with Crippen LogP contribution >= 0.6 is 0 Å². The van der Waals surface area contributed by atoms with Gasteiger partial charge in [0.05, 0.1) is 13.2 Å². The Morgan fingerprint density at radius 1 is 1.27 bits per heavy atom. The number of rotatable bonds is 6. The number of aromatic nitrogens is 6. The van der Waals surface area contributed by atoms with Crippen LogP contribution < -0.4 is 0 Å². The second-order valence-electron chi connectivity index (χ2n) is 6.48. The van der Waals surface area contributed by atoms with Crippen molar-refractivity contribution in [3.05, 3.63) is 54.5 Å².